The molecule has 31 heavy (non-hydrogen) atoms. The van der Waals surface area contributed by atoms with Crippen LogP contribution in [0.1, 0.15) is 26.5 Å². The number of benzene rings is 2. The molecule has 0 radical (unpaired) electrons. The summed E-state index contributed by atoms with van der Waals surface area (Å²) >= 11 is 0. The Bertz CT molecular complexity index is 1060. The normalized spacial score (nSPS) is 10.1. The van der Waals surface area contributed by atoms with E-state index in [-0.39, 0.29) is 17.8 Å². The van der Waals surface area contributed by atoms with Gasteiger partial charge in [-0.1, -0.05) is 30.3 Å². The molecule has 0 bridgehead atoms. The van der Waals surface area contributed by atoms with Crippen LogP contribution in [0.2, 0.25) is 0 Å². The van der Waals surface area contributed by atoms with Crippen molar-refractivity contribution in [1.29, 1.82) is 0 Å². The molecule has 4 amide bonds. The van der Waals surface area contributed by atoms with Gasteiger partial charge in [0, 0.05) is 5.56 Å². The number of nitrogens with one attached hydrogen (secondary N) is 3. The number of para-hydroxylation sites is 1. The topological polar surface area (TPSA) is 127 Å². The highest BCUT2D eigenvalue weighted by Crippen LogP contribution is 2.17. The Morgan fingerprint density at radius 1 is 0.871 bits per heavy atom. The summed E-state index contributed by atoms with van der Waals surface area (Å²) in [6.45, 7) is -0.575. The van der Waals surface area contributed by atoms with Crippen LogP contribution in [0, 0.1) is 0 Å². The van der Waals surface area contributed by atoms with Crippen LogP contribution in [0.5, 0.6) is 0 Å². The van der Waals surface area contributed by atoms with E-state index in [4.69, 9.17) is 9.15 Å². The van der Waals surface area contributed by atoms with Gasteiger partial charge in [0.15, 0.2) is 6.61 Å². The van der Waals surface area contributed by atoms with Gasteiger partial charge in [-0.25, -0.2) is 9.59 Å². The first-order chi connectivity index (χ1) is 15.0. The Morgan fingerprint density at radius 2 is 1.61 bits per heavy atom. The number of hydrogen-bond acceptors (Lipinski definition) is 6. The molecule has 2 aromatic carbocycles. The molecule has 0 aliphatic rings. The van der Waals surface area contributed by atoms with Crippen molar-refractivity contribution in [2.45, 2.75) is 6.54 Å². The van der Waals surface area contributed by atoms with Gasteiger partial charge >= 0.3 is 12.0 Å². The summed E-state index contributed by atoms with van der Waals surface area (Å²) in [4.78, 5) is 48.3. The highest BCUT2D eigenvalue weighted by Gasteiger charge is 2.17. The first-order valence-electron chi connectivity index (χ1n) is 9.25. The van der Waals surface area contributed by atoms with Crippen LogP contribution in [0.4, 0.5) is 10.5 Å². The average Bonchev–Trinajstić information content (AvgIpc) is 3.31. The van der Waals surface area contributed by atoms with Gasteiger partial charge in [0.1, 0.15) is 5.76 Å². The van der Waals surface area contributed by atoms with Crippen LogP contribution in [0.25, 0.3) is 0 Å². The van der Waals surface area contributed by atoms with Crippen molar-refractivity contribution in [2.24, 2.45) is 0 Å². The lowest BCUT2D eigenvalue weighted by Crippen LogP contribution is -2.41. The highest BCUT2D eigenvalue weighted by molar-refractivity contribution is 6.08. The monoisotopic (exact) mass is 421 g/mol. The molecule has 9 nitrogen and oxygen atoms in total. The Labute approximate surface area is 177 Å². The average molecular weight is 421 g/mol. The largest absolute Gasteiger partial charge is 0.467 e. The van der Waals surface area contributed by atoms with E-state index in [1.165, 1.54) is 12.3 Å². The molecule has 1 heterocycles. The molecule has 3 N–H and O–H groups in total. The second-order valence-corrected chi connectivity index (χ2v) is 6.25. The summed E-state index contributed by atoms with van der Waals surface area (Å²) in [5.41, 5.74) is 0.727. The quantitative estimate of drug-likeness (QED) is 0.504. The Balaban J connectivity index is 1.51. The molecule has 3 rings (SSSR count). The molecule has 3 aromatic rings. The lowest BCUT2D eigenvalue weighted by molar-refractivity contribution is -0.123. The minimum atomic E-state index is -0.824. The second kappa shape index (κ2) is 10.4. The molecular formula is C22H19N3O6. The number of amides is 4. The maximum Gasteiger partial charge on any atom is 0.340 e. The van der Waals surface area contributed by atoms with E-state index >= 15 is 0 Å². The number of ether oxygens (including phenoxy) is 1. The fourth-order valence-corrected chi connectivity index (χ4v) is 2.55. The number of furan rings is 1. The van der Waals surface area contributed by atoms with Gasteiger partial charge in [0.05, 0.1) is 24.1 Å². The first kappa shape index (κ1) is 21.3. The number of imide groups is 1. The minimum Gasteiger partial charge on any atom is -0.467 e. The van der Waals surface area contributed by atoms with Gasteiger partial charge in [-0.2, -0.15) is 0 Å². The van der Waals surface area contributed by atoms with Crippen molar-refractivity contribution < 1.29 is 28.3 Å². The van der Waals surface area contributed by atoms with E-state index in [1.807, 2.05) is 5.32 Å². The minimum absolute atomic E-state index is 0.0712. The highest BCUT2D eigenvalue weighted by atomic mass is 16.5. The summed E-state index contributed by atoms with van der Waals surface area (Å²) in [6, 6.07) is 17.3. The predicted octanol–water partition coefficient (Wildman–Crippen LogP) is 2.71. The second-order valence-electron chi connectivity index (χ2n) is 6.25. The molecule has 0 aliphatic carbocycles. The number of hydrogen-bond donors (Lipinski definition) is 3. The molecule has 1 aromatic heterocycles. The first-order valence-corrected chi connectivity index (χ1v) is 9.25. The van der Waals surface area contributed by atoms with Crippen molar-refractivity contribution in [3.8, 4) is 0 Å². The van der Waals surface area contributed by atoms with Crippen molar-refractivity contribution in [2.75, 3.05) is 11.9 Å². The summed E-state index contributed by atoms with van der Waals surface area (Å²) in [5.74, 6) is -1.51. The standard InChI is InChI=1S/C22H19N3O6/c26-19(25-22(29)23-13-16-9-6-12-30-16)14-31-21(28)17-10-4-5-11-18(17)24-20(27)15-7-2-1-3-8-15/h1-12H,13-14H2,(H,24,27)(H2,23,25,26,29). The van der Waals surface area contributed by atoms with E-state index in [2.05, 4.69) is 10.6 Å². The number of carbonyl (C=O) groups excluding carboxylic acids is 4. The number of rotatable bonds is 7. The van der Waals surface area contributed by atoms with Gasteiger partial charge in [-0.05, 0) is 36.4 Å². The van der Waals surface area contributed by atoms with Gasteiger partial charge in [-0.3, -0.25) is 14.9 Å². The predicted molar refractivity (Wildman–Crippen MR) is 110 cm³/mol. The van der Waals surface area contributed by atoms with Crippen molar-refractivity contribution in [1.82, 2.24) is 10.6 Å². The summed E-state index contributed by atoms with van der Waals surface area (Å²) in [6.07, 6.45) is 1.46. The summed E-state index contributed by atoms with van der Waals surface area (Å²) in [7, 11) is 0. The third kappa shape index (κ3) is 6.29. The van der Waals surface area contributed by atoms with E-state index in [0.717, 1.165) is 0 Å². The van der Waals surface area contributed by atoms with Gasteiger partial charge in [0.25, 0.3) is 11.8 Å². The SMILES string of the molecule is O=C(COC(=O)c1ccccc1NC(=O)c1ccccc1)NC(=O)NCc1ccco1. The van der Waals surface area contributed by atoms with E-state index in [1.54, 1.807) is 60.7 Å². The van der Waals surface area contributed by atoms with Crippen LogP contribution < -0.4 is 16.0 Å². The van der Waals surface area contributed by atoms with Crippen molar-refractivity contribution >= 4 is 29.5 Å². The third-order valence-electron chi connectivity index (χ3n) is 4.02. The maximum atomic E-state index is 12.4. The molecule has 0 unspecified atom stereocenters. The van der Waals surface area contributed by atoms with Crippen LogP contribution in [0.3, 0.4) is 0 Å². The molecular weight excluding hydrogens is 402 g/mol. The van der Waals surface area contributed by atoms with Crippen molar-refractivity contribution in [3.63, 3.8) is 0 Å². The number of esters is 1. The molecule has 0 fully saturated rings. The van der Waals surface area contributed by atoms with Crippen LogP contribution in [-0.4, -0.2) is 30.4 Å². The maximum absolute atomic E-state index is 12.4. The van der Waals surface area contributed by atoms with E-state index in [9.17, 15) is 19.2 Å². The van der Waals surface area contributed by atoms with Gasteiger partial charge < -0.3 is 19.8 Å². The van der Waals surface area contributed by atoms with E-state index in [0.29, 0.717) is 11.3 Å². The van der Waals surface area contributed by atoms with Crippen LogP contribution >= 0.6 is 0 Å². The Kier molecular flexibility index (Phi) is 7.15. The number of carbonyl (C=O) groups is 4. The summed E-state index contributed by atoms with van der Waals surface area (Å²) in [5, 5.41) is 7.11. The smallest absolute Gasteiger partial charge is 0.340 e. The van der Waals surface area contributed by atoms with Crippen LogP contribution in [-0.2, 0) is 16.1 Å². The molecule has 0 saturated heterocycles. The fourth-order valence-electron chi connectivity index (χ4n) is 2.55. The summed E-state index contributed by atoms with van der Waals surface area (Å²) < 4.78 is 10.0. The zero-order valence-corrected chi connectivity index (χ0v) is 16.3. The Hall–Kier alpha value is -4.40. The number of urea groups is 1. The molecule has 9 heteroatoms. The lowest BCUT2D eigenvalue weighted by atomic mass is 10.1. The van der Waals surface area contributed by atoms with Gasteiger partial charge in [-0.15, -0.1) is 0 Å². The van der Waals surface area contributed by atoms with Crippen LogP contribution in [0.15, 0.2) is 77.4 Å². The fraction of sp³-hybridized carbons (Fsp3) is 0.0909. The molecule has 0 saturated carbocycles. The van der Waals surface area contributed by atoms with E-state index < -0.39 is 30.4 Å². The molecule has 0 aliphatic heterocycles. The zero-order chi connectivity index (χ0) is 22.1. The molecule has 158 valence electrons. The molecule has 0 spiro atoms. The molecule has 0 atom stereocenters. The number of anilines is 1. The Morgan fingerprint density at radius 3 is 2.35 bits per heavy atom. The van der Waals surface area contributed by atoms with Crippen molar-refractivity contribution in [3.05, 3.63) is 89.9 Å². The lowest BCUT2D eigenvalue weighted by Gasteiger charge is -2.11. The third-order valence-corrected chi connectivity index (χ3v) is 4.02. The van der Waals surface area contributed by atoms with Gasteiger partial charge in [0.2, 0.25) is 0 Å². The zero-order valence-electron chi connectivity index (χ0n) is 16.3.